The first-order valence-electron chi connectivity index (χ1n) is 6.92. The van der Waals surface area contributed by atoms with Crippen LogP contribution in [0, 0.1) is 6.92 Å². The zero-order valence-corrected chi connectivity index (χ0v) is 11.9. The molecule has 19 heavy (non-hydrogen) atoms. The lowest BCUT2D eigenvalue weighted by atomic mass is 9.76. The maximum absolute atomic E-state index is 12.5. The minimum absolute atomic E-state index is 0.0887. The summed E-state index contributed by atoms with van der Waals surface area (Å²) in [5, 5.41) is 0. The summed E-state index contributed by atoms with van der Waals surface area (Å²) in [6.45, 7) is 4.30. The van der Waals surface area contributed by atoms with Gasteiger partial charge in [-0.1, -0.05) is 29.8 Å². The summed E-state index contributed by atoms with van der Waals surface area (Å²) >= 11 is 0. The summed E-state index contributed by atoms with van der Waals surface area (Å²) in [5.74, 6) is -0.150. The van der Waals surface area contributed by atoms with Gasteiger partial charge in [0.25, 0.3) is 0 Å². The topological polar surface area (TPSA) is 35.5 Å². The van der Waals surface area contributed by atoms with Crippen molar-refractivity contribution < 1.29 is 14.3 Å². The molecule has 0 N–H and O–H groups in total. The van der Waals surface area contributed by atoms with Crippen LogP contribution in [0.1, 0.15) is 37.3 Å². The van der Waals surface area contributed by atoms with Gasteiger partial charge in [-0.15, -0.1) is 0 Å². The Labute approximate surface area is 114 Å². The molecular weight excluding hydrogens is 240 g/mol. The number of hydrogen-bond acceptors (Lipinski definition) is 3. The molecule has 1 fully saturated rings. The minimum Gasteiger partial charge on any atom is -0.465 e. The maximum Gasteiger partial charge on any atom is 0.319 e. The van der Waals surface area contributed by atoms with Gasteiger partial charge in [0.1, 0.15) is 5.41 Å². The van der Waals surface area contributed by atoms with Gasteiger partial charge in [-0.05, 0) is 38.7 Å². The molecule has 0 bridgehead atoms. The van der Waals surface area contributed by atoms with E-state index < -0.39 is 5.41 Å². The van der Waals surface area contributed by atoms with Crippen LogP contribution in [0.5, 0.6) is 0 Å². The molecule has 3 nitrogen and oxygen atoms in total. The van der Waals surface area contributed by atoms with Crippen LogP contribution in [0.15, 0.2) is 24.3 Å². The normalized spacial score (nSPS) is 26.4. The van der Waals surface area contributed by atoms with Crippen LogP contribution in [-0.4, -0.2) is 25.8 Å². The Bertz CT molecular complexity index is 438. The lowest BCUT2D eigenvalue weighted by Crippen LogP contribution is -2.45. The number of esters is 1. The van der Waals surface area contributed by atoms with E-state index in [4.69, 9.17) is 9.47 Å². The predicted octanol–water partition coefficient (Wildman–Crippen LogP) is 2.99. The van der Waals surface area contributed by atoms with Crippen LogP contribution in [0.4, 0.5) is 0 Å². The van der Waals surface area contributed by atoms with Gasteiger partial charge in [-0.25, -0.2) is 0 Å². The van der Waals surface area contributed by atoms with Gasteiger partial charge in [0.2, 0.25) is 0 Å². The highest BCUT2D eigenvalue weighted by Crippen LogP contribution is 2.44. The minimum atomic E-state index is -0.627. The summed E-state index contributed by atoms with van der Waals surface area (Å²) in [6.07, 6.45) is 2.61. The number of benzene rings is 1. The second kappa shape index (κ2) is 5.74. The fourth-order valence-corrected chi connectivity index (χ4v) is 3.09. The Balaban J connectivity index is 2.44. The quantitative estimate of drug-likeness (QED) is 0.782. The molecule has 0 heterocycles. The number of carbonyl (C=O) groups is 1. The molecule has 1 aromatic rings. The van der Waals surface area contributed by atoms with Gasteiger partial charge in [0, 0.05) is 7.11 Å². The molecule has 2 unspecified atom stereocenters. The van der Waals surface area contributed by atoms with Crippen molar-refractivity contribution in [2.24, 2.45) is 0 Å². The summed E-state index contributed by atoms with van der Waals surface area (Å²) in [7, 11) is 1.68. The molecule has 1 saturated carbocycles. The van der Waals surface area contributed by atoms with Crippen molar-refractivity contribution in [3.63, 3.8) is 0 Å². The van der Waals surface area contributed by atoms with Gasteiger partial charge in [0.05, 0.1) is 12.7 Å². The van der Waals surface area contributed by atoms with Crippen molar-refractivity contribution in [1.29, 1.82) is 0 Å². The number of hydrogen-bond donors (Lipinski definition) is 0. The van der Waals surface area contributed by atoms with Crippen LogP contribution in [0.3, 0.4) is 0 Å². The van der Waals surface area contributed by atoms with E-state index in [0.29, 0.717) is 6.61 Å². The van der Waals surface area contributed by atoms with Crippen LogP contribution in [-0.2, 0) is 19.7 Å². The third-order valence-corrected chi connectivity index (χ3v) is 4.08. The number of ether oxygens (including phenoxy) is 2. The molecule has 104 valence electrons. The SMILES string of the molecule is CCOC(=O)C1(c2ccc(C)cc2)CCCC1OC. The molecule has 1 aliphatic carbocycles. The standard InChI is InChI=1S/C16H22O3/c1-4-19-15(17)16(11-5-6-14(16)18-3)13-9-7-12(2)8-10-13/h7-10,14H,4-6,11H2,1-3H3. The predicted molar refractivity (Wildman–Crippen MR) is 74.1 cm³/mol. The number of carbonyl (C=O) groups excluding carboxylic acids is 1. The van der Waals surface area contributed by atoms with Gasteiger partial charge in [-0.3, -0.25) is 4.79 Å². The summed E-state index contributed by atoms with van der Waals surface area (Å²) in [6, 6.07) is 8.15. The van der Waals surface area contributed by atoms with E-state index in [0.717, 1.165) is 24.8 Å². The third kappa shape index (κ3) is 2.39. The molecule has 2 atom stereocenters. The average molecular weight is 262 g/mol. The molecule has 0 saturated heterocycles. The van der Waals surface area contributed by atoms with Crippen molar-refractivity contribution in [2.75, 3.05) is 13.7 Å². The highest BCUT2D eigenvalue weighted by atomic mass is 16.5. The van der Waals surface area contributed by atoms with E-state index in [-0.39, 0.29) is 12.1 Å². The van der Waals surface area contributed by atoms with Gasteiger partial charge in [0.15, 0.2) is 0 Å². The molecule has 2 rings (SSSR count). The summed E-state index contributed by atoms with van der Waals surface area (Å²) in [5.41, 5.74) is 1.58. The molecule has 0 spiro atoms. The van der Waals surface area contributed by atoms with E-state index in [1.165, 1.54) is 5.56 Å². The fourth-order valence-electron chi connectivity index (χ4n) is 3.09. The van der Waals surface area contributed by atoms with E-state index in [1.54, 1.807) is 7.11 Å². The number of methoxy groups -OCH3 is 1. The van der Waals surface area contributed by atoms with E-state index in [9.17, 15) is 4.79 Å². The second-order valence-corrected chi connectivity index (χ2v) is 5.17. The smallest absolute Gasteiger partial charge is 0.319 e. The van der Waals surface area contributed by atoms with E-state index in [2.05, 4.69) is 0 Å². The summed E-state index contributed by atoms with van der Waals surface area (Å²) < 4.78 is 10.9. The van der Waals surface area contributed by atoms with Crippen LogP contribution >= 0.6 is 0 Å². The van der Waals surface area contributed by atoms with E-state index in [1.807, 2.05) is 38.1 Å². The zero-order valence-electron chi connectivity index (χ0n) is 11.9. The lowest BCUT2D eigenvalue weighted by molar-refractivity contribution is -0.154. The largest absolute Gasteiger partial charge is 0.465 e. The highest BCUT2D eigenvalue weighted by Gasteiger charge is 2.51. The first-order valence-corrected chi connectivity index (χ1v) is 6.92. The van der Waals surface area contributed by atoms with Gasteiger partial charge in [-0.2, -0.15) is 0 Å². The van der Waals surface area contributed by atoms with Crippen molar-refractivity contribution in [3.05, 3.63) is 35.4 Å². The molecular formula is C16H22O3. The molecule has 0 radical (unpaired) electrons. The Kier molecular flexibility index (Phi) is 4.25. The number of aryl methyl sites for hydroxylation is 1. The number of rotatable bonds is 4. The van der Waals surface area contributed by atoms with Crippen molar-refractivity contribution in [3.8, 4) is 0 Å². The highest BCUT2D eigenvalue weighted by molar-refractivity contribution is 5.84. The van der Waals surface area contributed by atoms with Gasteiger partial charge < -0.3 is 9.47 Å². The Hall–Kier alpha value is -1.35. The van der Waals surface area contributed by atoms with Crippen LogP contribution < -0.4 is 0 Å². The third-order valence-electron chi connectivity index (χ3n) is 4.08. The molecule has 1 aliphatic rings. The van der Waals surface area contributed by atoms with Crippen molar-refractivity contribution in [1.82, 2.24) is 0 Å². The Morgan fingerprint density at radius 1 is 1.37 bits per heavy atom. The Morgan fingerprint density at radius 3 is 2.63 bits per heavy atom. The first kappa shape index (κ1) is 14.1. The lowest BCUT2D eigenvalue weighted by Gasteiger charge is -2.32. The van der Waals surface area contributed by atoms with Crippen LogP contribution in [0.25, 0.3) is 0 Å². The van der Waals surface area contributed by atoms with Crippen molar-refractivity contribution >= 4 is 5.97 Å². The average Bonchev–Trinajstić information content (AvgIpc) is 2.84. The molecule has 0 amide bonds. The zero-order chi connectivity index (χ0) is 13.9. The van der Waals surface area contributed by atoms with Crippen LogP contribution in [0.2, 0.25) is 0 Å². The summed E-state index contributed by atoms with van der Waals surface area (Å²) in [4.78, 5) is 12.5. The van der Waals surface area contributed by atoms with Crippen molar-refractivity contribution in [2.45, 2.75) is 44.6 Å². The fraction of sp³-hybridized carbons (Fsp3) is 0.562. The second-order valence-electron chi connectivity index (χ2n) is 5.17. The maximum atomic E-state index is 12.5. The molecule has 1 aromatic carbocycles. The molecule has 0 aromatic heterocycles. The molecule has 0 aliphatic heterocycles. The Morgan fingerprint density at radius 2 is 2.05 bits per heavy atom. The van der Waals surface area contributed by atoms with E-state index >= 15 is 0 Å². The monoisotopic (exact) mass is 262 g/mol. The first-order chi connectivity index (χ1) is 9.15. The van der Waals surface area contributed by atoms with Gasteiger partial charge >= 0.3 is 5.97 Å². The molecule has 3 heteroatoms.